The Balaban J connectivity index is 1.29. The molecular formula is C39H26. The van der Waals surface area contributed by atoms with Crippen LogP contribution in [0.25, 0.3) is 33.4 Å². The first-order valence-electron chi connectivity index (χ1n) is 13.7. The van der Waals surface area contributed by atoms with Crippen LogP contribution >= 0.6 is 0 Å². The smallest absolute Gasteiger partial charge is 0.00139 e. The normalized spacial score (nSPS) is 16.0. The van der Waals surface area contributed by atoms with Crippen molar-refractivity contribution in [3.05, 3.63) is 190 Å². The minimum absolute atomic E-state index is 0.908. The molecule has 0 aromatic heterocycles. The molecule has 39 heavy (non-hydrogen) atoms. The molecule has 4 aliphatic rings. The van der Waals surface area contributed by atoms with Gasteiger partial charge in [0, 0.05) is 0 Å². The molecule has 0 fully saturated rings. The molecule has 0 heteroatoms. The first kappa shape index (κ1) is 22.1. The average Bonchev–Trinajstić information content (AvgIpc) is 3.26. The molecule has 0 heterocycles. The summed E-state index contributed by atoms with van der Waals surface area (Å²) in [6.07, 6.45) is 19.3. The molecule has 0 saturated heterocycles. The number of rotatable bonds is 2. The highest BCUT2D eigenvalue weighted by molar-refractivity contribution is 6.03. The first-order chi connectivity index (χ1) is 19.3. The minimum Gasteiger partial charge on any atom is -0.0620 e. The van der Waals surface area contributed by atoms with Crippen molar-refractivity contribution in [2.75, 3.05) is 0 Å². The summed E-state index contributed by atoms with van der Waals surface area (Å²) in [5.41, 5.74) is 18.4. The lowest BCUT2D eigenvalue weighted by molar-refractivity contribution is 1.18. The van der Waals surface area contributed by atoms with Crippen LogP contribution in [0.15, 0.2) is 168 Å². The van der Waals surface area contributed by atoms with Crippen LogP contribution in [0, 0.1) is 0 Å². The maximum Gasteiger partial charge on any atom is -0.00139 e. The molecule has 0 unspecified atom stereocenters. The van der Waals surface area contributed by atoms with Gasteiger partial charge in [0.25, 0.3) is 0 Å². The van der Waals surface area contributed by atoms with E-state index in [1.54, 1.807) is 0 Å². The topological polar surface area (TPSA) is 0 Å². The molecular weight excluding hydrogens is 468 g/mol. The summed E-state index contributed by atoms with van der Waals surface area (Å²) in [6.45, 7) is 0. The zero-order chi connectivity index (χ0) is 25.8. The van der Waals surface area contributed by atoms with E-state index in [-0.39, 0.29) is 0 Å². The molecule has 0 aliphatic heterocycles. The van der Waals surface area contributed by atoms with E-state index in [0.717, 1.165) is 6.42 Å². The van der Waals surface area contributed by atoms with Gasteiger partial charge in [-0.05, 0) is 96.5 Å². The molecule has 8 rings (SSSR count). The molecule has 4 aromatic carbocycles. The van der Waals surface area contributed by atoms with Gasteiger partial charge in [0.05, 0.1) is 0 Å². The van der Waals surface area contributed by atoms with Gasteiger partial charge in [-0.1, -0.05) is 134 Å². The standard InChI is InChI=1S/C39H26/c1-2-12-27-23-26(11-1)28(24-38-34-17-7-3-13-30(34)31-14-4-8-18-35(31)38)21-22-29(27)25-39-36-19-9-5-15-32(36)33-16-6-10-20-37(33)39/h1-22,24-25H,23H2. The van der Waals surface area contributed by atoms with Crippen molar-refractivity contribution in [3.63, 3.8) is 0 Å². The first-order valence-corrected chi connectivity index (χ1v) is 13.7. The van der Waals surface area contributed by atoms with Crippen molar-refractivity contribution in [1.29, 1.82) is 0 Å². The monoisotopic (exact) mass is 494 g/mol. The van der Waals surface area contributed by atoms with Gasteiger partial charge in [0.1, 0.15) is 0 Å². The van der Waals surface area contributed by atoms with Gasteiger partial charge in [-0.15, -0.1) is 0 Å². The van der Waals surface area contributed by atoms with E-state index < -0.39 is 0 Å². The second-order valence-corrected chi connectivity index (χ2v) is 10.5. The molecule has 0 saturated carbocycles. The summed E-state index contributed by atoms with van der Waals surface area (Å²) in [6, 6.07) is 35.1. The van der Waals surface area contributed by atoms with Gasteiger partial charge in [0.15, 0.2) is 0 Å². The van der Waals surface area contributed by atoms with Crippen molar-refractivity contribution in [3.8, 4) is 22.3 Å². The average molecular weight is 495 g/mol. The van der Waals surface area contributed by atoms with Crippen molar-refractivity contribution in [1.82, 2.24) is 0 Å². The molecule has 0 amide bonds. The lowest BCUT2D eigenvalue weighted by Crippen LogP contribution is -1.92. The summed E-state index contributed by atoms with van der Waals surface area (Å²) in [7, 11) is 0. The summed E-state index contributed by atoms with van der Waals surface area (Å²) in [4.78, 5) is 0. The molecule has 182 valence electrons. The predicted molar refractivity (Wildman–Crippen MR) is 164 cm³/mol. The highest BCUT2D eigenvalue weighted by Gasteiger charge is 2.25. The van der Waals surface area contributed by atoms with Gasteiger partial charge in [-0.2, -0.15) is 0 Å². The van der Waals surface area contributed by atoms with Gasteiger partial charge in [-0.3, -0.25) is 0 Å². The summed E-state index contributed by atoms with van der Waals surface area (Å²) in [5.74, 6) is 0. The summed E-state index contributed by atoms with van der Waals surface area (Å²) >= 11 is 0. The van der Waals surface area contributed by atoms with Gasteiger partial charge in [0.2, 0.25) is 0 Å². The van der Waals surface area contributed by atoms with Crippen LogP contribution in [0.3, 0.4) is 0 Å². The van der Waals surface area contributed by atoms with Crippen LogP contribution < -0.4 is 0 Å². The van der Waals surface area contributed by atoms with Crippen molar-refractivity contribution >= 4 is 11.1 Å². The van der Waals surface area contributed by atoms with Crippen LogP contribution in [-0.4, -0.2) is 0 Å². The van der Waals surface area contributed by atoms with E-state index in [9.17, 15) is 0 Å². The summed E-state index contributed by atoms with van der Waals surface area (Å²) in [5, 5.41) is 0. The molecule has 2 bridgehead atoms. The quantitative estimate of drug-likeness (QED) is 0.225. The third-order valence-electron chi connectivity index (χ3n) is 8.32. The van der Waals surface area contributed by atoms with Crippen molar-refractivity contribution < 1.29 is 0 Å². The number of allylic oxidation sites excluding steroid dienone is 12. The zero-order valence-electron chi connectivity index (χ0n) is 21.6. The largest absolute Gasteiger partial charge is 0.0620 e. The van der Waals surface area contributed by atoms with Crippen LogP contribution in [0.1, 0.15) is 28.7 Å². The van der Waals surface area contributed by atoms with Crippen molar-refractivity contribution in [2.24, 2.45) is 0 Å². The van der Waals surface area contributed by atoms with Crippen LogP contribution in [0.4, 0.5) is 0 Å². The van der Waals surface area contributed by atoms with Gasteiger partial charge < -0.3 is 0 Å². The number of benzene rings is 4. The Morgan fingerprint density at radius 3 is 1.00 bits per heavy atom. The SMILES string of the molecule is C1=CC=C2CC(=C1)C(C=C1c3ccccc3-c3ccccc31)=CC=C2C=C1c2ccccc2-c2ccccc21. The molecule has 0 radical (unpaired) electrons. The highest BCUT2D eigenvalue weighted by atomic mass is 14.3. The minimum atomic E-state index is 0.908. The third-order valence-corrected chi connectivity index (χ3v) is 8.32. The van der Waals surface area contributed by atoms with E-state index in [4.69, 9.17) is 0 Å². The van der Waals surface area contributed by atoms with E-state index in [1.807, 2.05) is 0 Å². The molecule has 4 aliphatic carbocycles. The Bertz CT molecular complexity index is 1670. The molecule has 0 spiro atoms. The second kappa shape index (κ2) is 8.82. The fourth-order valence-corrected chi connectivity index (χ4v) is 6.46. The Kier molecular flexibility index (Phi) is 5.00. The van der Waals surface area contributed by atoms with E-state index >= 15 is 0 Å². The fourth-order valence-electron chi connectivity index (χ4n) is 6.46. The fraction of sp³-hybridized carbons (Fsp3) is 0.0256. The maximum atomic E-state index is 2.40. The number of hydrogen-bond acceptors (Lipinski definition) is 0. The van der Waals surface area contributed by atoms with Crippen molar-refractivity contribution in [2.45, 2.75) is 6.42 Å². The number of hydrogen-bond donors (Lipinski definition) is 0. The summed E-state index contributed by atoms with van der Waals surface area (Å²) < 4.78 is 0. The lowest BCUT2D eigenvalue weighted by atomic mass is 9.92. The Hall–Kier alpha value is -4.94. The van der Waals surface area contributed by atoms with Crippen LogP contribution in [0.2, 0.25) is 0 Å². The molecule has 0 nitrogen and oxygen atoms in total. The second-order valence-electron chi connectivity index (χ2n) is 10.5. The Labute approximate surface area is 229 Å². The zero-order valence-corrected chi connectivity index (χ0v) is 21.6. The predicted octanol–water partition coefficient (Wildman–Crippen LogP) is 9.89. The van der Waals surface area contributed by atoms with Gasteiger partial charge in [-0.25, -0.2) is 0 Å². The molecule has 0 atom stereocenters. The van der Waals surface area contributed by atoms with E-state index in [2.05, 4.69) is 146 Å². The molecule has 4 aromatic rings. The van der Waals surface area contributed by atoms with E-state index in [0.29, 0.717) is 0 Å². The number of fused-ring (bicyclic) bond motifs is 8. The maximum absolute atomic E-state index is 2.40. The van der Waals surface area contributed by atoms with Gasteiger partial charge >= 0.3 is 0 Å². The lowest BCUT2D eigenvalue weighted by Gasteiger charge is -2.11. The highest BCUT2D eigenvalue weighted by Crippen LogP contribution is 2.47. The van der Waals surface area contributed by atoms with Crippen LogP contribution in [0.5, 0.6) is 0 Å². The third kappa shape index (κ3) is 3.53. The molecule has 0 N–H and O–H groups in total. The van der Waals surface area contributed by atoms with Crippen LogP contribution in [-0.2, 0) is 0 Å². The Morgan fingerprint density at radius 1 is 0.359 bits per heavy atom. The van der Waals surface area contributed by atoms with E-state index in [1.165, 1.54) is 77.9 Å². The Morgan fingerprint density at radius 2 is 0.667 bits per heavy atom.